The van der Waals surface area contributed by atoms with Crippen molar-refractivity contribution in [2.45, 2.75) is 58.3 Å². The number of nitrogens with one attached hydrogen (secondary N) is 1. The maximum atomic E-state index is 12.6. The highest BCUT2D eigenvalue weighted by Crippen LogP contribution is 2.30. The van der Waals surface area contributed by atoms with Crippen LogP contribution in [0.4, 0.5) is 18.3 Å². The van der Waals surface area contributed by atoms with Gasteiger partial charge in [-0.05, 0) is 26.2 Å². The smallest absolute Gasteiger partial charge is 0.339 e. The molecule has 1 aromatic heterocycles. The molecule has 3 nitrogen and oxygen atoms in total. The minimum Gasteiger partial charge on any atom is -0.339 e. The number of alkyl halides is 3. The molecule has 21 heavy (non-hydrogen) atoms. The van der Waals surface area contributed by atoms with Crippen LogP contribution in [0, 0.1) is 0 Å². The summed E-state index contributed by atoms with van der Waals surface area (Å²) in [5, 5.41) is 3.91. The molecule has 1 fully saturated rings. The zero-order valence-electron chi connectivity index (χ0n) is 12.5. The summed E-state index contributed by atoms with van der Waals surface area (Å²) >= 11 is 1.39. The van der Waals surface area contributed by atoms with E-state index in [9.17, 15) is 13.2 Å². The van der Waals surface area contributed by atoms with Crippen molar-refractivity contribution < 1.29 is 13.2 Å². The zero-order valence-corrected chi connectivity index (χ0v) is 13.3. The van der Waals surface area contributed by atoms with Gasteiger partial charge in [-0.2, -0.15) is 13.2 Å². The standard InChI is InChI=1S/C14H22F3N3S/c1-3-5-11-12(8-18-10-6-7-10)21-13(19-11)20(4-2)9-14(15,16)17/h10,18H,3-9H2,1-2H3. The number of anilines is 1. The van der Waals surface area contributed by atoms with Crippen LogP contribution in [0.5, 0.6) is 0 Å². The van der Waals surface area contributed by atoms with Gasteiger partial charge in [0.15, 0.2) is 5.13 Å². The zero-order chi connectivity index (χ0) is 15.5. The van der Waals surface area contributed by atoms with Crippen LogP contribution in [0.3, 0.4) is 0 Å². The first kappa shape index (κ1) is 16.5. The minimum atomic E-state index is -4.20. The molecule has 1 aliphatic rings. The first-order chi connectivity index (χ1) is 9.93. The minimum absolute atomic E-state index is 0.314. The quantitative estimate of drug-likeness (QED) is 0.790. The van der Waals surface area contributed by atoms with Gasteiger partial charge in [-0.15, -0.1) is 11.3 Å². The molecule has 1 N–H and O–H groups in total. The van der Waals surface area contributed by atoms with Crippen molar-refractivity contribution >= 4 is 16.5 Å². The van der Waals surface area contributed by atoms with Crippen LogP contribution in [0.2, 0.25) is 0 Å². The van der Waals surface area contributed by atoms with Gasteiger partial charge in [0.1, 0.15) is 6.54 Å². The highest BCUT2D eigenvalue weighted by molar-refractivity contribution is 7.15. The van der Waals surface area contributed by atoms with Gasteiger partial charge in [0, 0.05) is 24.0 Å². The lowest BCUT2D eigenvalue weighted by Crippen LogP contribution is -2.34. The van der Waals surface area contributed by atoms with E-state index >= 15 is 0 Å². The summed E-state index contributed by atoms with van der Waals surface area (Å²) in [5.41, 5.74) is 0.950. The Balaban J connectivity index is 2.11. The number of nitrogens with zero attached hydrogens (tertiary/aromatic N) is 2. The second-order valence-corrected chi connectivity index (χ2v) is 6.46. The van der Waals surface area contributed by atoms with Crippen molar-refractivity contribution in [2.75, 3.05) is 18.0 Å². The Kier molecular flexibility index (Phi) is 5.48. The SMILES string of the molecule is CCCc1nc(N(CC)CC(F)(F)F)sc1CNC1CC1. The predicted octanol–water partition coefficient (Wildman–Crippen LogP) is 3.74. The third kappa shape index (κ3) is 5.14. The molecule has 1 heterocycles. The van der Waals surface area contributed by atoms with Gasteiger partial charge in [-0.3, -0.25) is 0 Å². The van der Waals surface area contributed by atoms with Crippen molar-refractivity contribution in [2.24, 2.45) is 0 Å². The maximum absolute atomic E-state index is 12.6. The fourth-order valence-corrected chi connectivity index (χ4v) is 3.25. The van der Waals surface area contributed by atoms with Gasteiger partial charge in [0.05, 0.1) is 5.69 Å². The second-order valence-electron chi connectivity index (χ2n) is 5.40. The van der Waals surface area contributed by atoms with Crippen LogP contribution in [0.1, 0.15) is 43.7 Å². The Labute approximate surface area is 127 Å². The number of aromatic nitrogens is 1. The average Bonchev–Trinajstić information content (AvgIpc) is 3.15. The van der Waals surface area contributed by atoms with Crippen molar-refractivity contribution in [3.05, 3.63) is 10.6 Å². The molecular formula is C14H22F3N3S. The monoisotopic (exact) mass is 321 g/mol. The van der Waals surface area contributed by atoms with Crippen LogP contribution < -0.4 is 10.2 Å². The molecule has 0 radical (unpaired) electrons. The molecule has 0 bridgehead atoms. The Hall–Kier alpha value is -0.820. The molecule has 0 saturated heterocycles. The molecule has 0 atom stereocenters. The lowest BCUT2D eigenvalue weighted by Gasteiger charge is -2.21. The van der Waals surface area contributed by atoms with E-state index in [0.717, 1.165) is 30.0 Å². The molecule has 0 aromatic carbocycles. The first-order valence-electron chi connectivity index (χ1n) is 7.46. The summed E-state index contributed by atoms with van der Waals surface area (Å²) < 4.78 is 37.9. The summed E-state index contributed by atoms with van der Waals surface area (Å²) in [5.74, 6) is 0. The molecule has 120 valence electrons. The topological polar surface area (TPSA) is 28.2 Å². The van der Waals surface area contributed by atoms with Gasteiger partial charge in [-0.1, -0.05) is 13.3 Å². The summed E-state index contributed by atoms with van der Waals surface area (Å²) in [6.45, 7) is 3.90. The van der Waals surface area contributed by atoms with Crippen LogP contribution >= 0.6 is 11.3 Å². The van der Waals surface area contributed by atoms with E-state index in [4.69, 9.17) is 0 Å². The lowest BCUT2D eigenvalue weighted by molar-refractivity contribution is -0.119. The molecule has 0 aliphatic heterocycles. The van der Waals surface area contributed by atoms with Gasteiger partial charge in [-0.25, -0.2) is 4.98 Å². The Morgan fingerprint density at radius 1 is 1.33 bits per heavy atom. The molecule has 1 aromatic rings. The molecule has 1 aliphatic carbocycles. The van der Waals surface area contributed by atoms with E-state index in [1.54, 1.807) is 6.92 Å². The molecule has 0 amide bonds. The highest BCUT2D eigenvalue weighted by Gasteiger charge is 2.32. The number of hydrogen-bond donors (Lipinski definition) is 1. The van der Waals surface area contributed by atoms with Crippen LogP contribution in [0.15, 0.2) is 0 Å². The van der Waals surface area contributed by atoms with E-state index in [-0.39, 0.29) is 0 Å². The van der Waals surface area contributed by atoms with Gasteiger partial charge >= 0.3 is 6.18 Å². The molecule has 0 unspecified atom stereocenters. The maximum Gasteiger partial charge on any atom is 0.406 e. The molecule has 7 heteroatoms. The highest BCUT2D eigenvalue weighted by atomic mass is 32.1. The van der Waals surface area contributed by atoms with Crippen molar-refractivity contribution in [3.8, 4) is 0 Å². The Morgan fingerprint density at radius 3 is 2.57 bits per heavy atom. The van der Waals surface area contributed by atoms with Crippen LogP contribution in [-0.4, -0.2) is 30.3 Å². The van der Waals surface area contributed by atoms with Gasteiger partial charge < -0.3 is 10.2 Å². The van der Waals surface area contributed by atoms with Crippen molar-refractivity contribution in [3.63, 3.8) is 0 Å². The van der Waals surface area contributed by atoms with Crippen molar-refractivity contribution in [1.82, 2.24) is 10.3 Å². The average molecular weight is 321 g/mol. The first-order valence-corrected chi connectivity index (χ1v) is 8.28. The Morgan fingerprint density at radius 2 is 2.05 bits per heavy atom. The summed E-state index contributed by atoms with van der Waals surface area (Å²) in [7, 11) is 0. The predicted molar refractivity (Wildman–Crippen MR) is 79.9 cm³/mol. The molecule has 2 rings (SSSR count). The molecular weight excluding hydrogens is 299 g/mol. The number of thiazole rings is 1. The van der Waals surface area contributed by atoms with Crippen molar-refractivity contribution in [1.29, 1.82) is 0 Å². The van der Waals surface area contributed by atoms with E-state index in [2.05, 4.69) is 17.2 Å². The van der Waals surface area contributed by atoms with E-state index in [1.165, 1.54) is 29.1 Å². The molecule has 0 spiro atoms. The fourth-order valence-electron chi connectivity index (χ4n) is 2.13. The second kappa shape index (κ2) is 6.96. The fraction of sp³-hybridized carbons (Fsp3) is 0.786. The molecule has 1 saturated carbocycles. The number of aryl methyl sites for hydroxylation is 1. The Bertz CT molecular complexity index is 455. The summed E-state index contributed by atoms with van der Waals surface area (Å²) in [6.07, 6.45) is -0.0281. The van der Waals surface area contributed by atoms with Crippen LogP contribution in [0.25, 0.3) is 0 Å². The summed E-state index contributed by atoms with van der Waals surface area (Å²) in [6, 6.07) is 0.586. The number of hydrogen-bond acceptors (Lipinski definition) is 4. The third-order valence-electron chi connectivity index (χ3n) is 3.40. The van der Waals surface area contributed by atoms with E-state index < -0.39 is 12.7 Å². The normalized spacial score (nSPS) is 15.5. The summed E-state index contributed by atoms with van der Waals surface area (Å²) in [4.78, 5) is 6.85. The van der Waals surface area contributed by atoms with Gasteiger partial charge in [0.2, 0.25) is 0 Å². The lowest BCUT2D eigenvalue weighted by atomic mass is 10.2. The van der Waals surface area contributed by atoms with Gasteiger partial charge in [0.25, 0.3) is 0 Å². The number of rotatable bonds is 8. The number of halogens is 3. The van der Waals surface area contributed by atoms with Crippen LogP contribution in [-0.2, 0) is 13.0 Å². The third-order valence-corrected chi connectivity index (χ3v) is 4.56. The largest absolute Gasteiger partial charge is 0.406 e. The van der Waals surface area contributed by atoms with E-state index in [1.807, 2.05) is 0 Å². The van der Waals surface area contributed by atoms with E-state index in [0.29, 0.717) is 17.7 Å².